The van der Waals surface area contributed by atoms with Crippen LogP contribution in [0.4, 0.5) is 11.4 Å². The maximum atomic E-state index is 12.0. The van der Waals surface area contributed by atoms with E-state index in [1.165, 1.54) is 18.3 Å². The Hall–Kier alpha value is -2.38. The van der Waals surface area contributed by atoms with Crippen molar-refractivity contribution in [2.75, 3.05) is 17.2 Å². The van der Waals surface area contributed by atoms with Crippen molar-refractivity contribution in [2.24, 2.45) is 0 Å². The maximum absolute atomic E-state index is 12.0. The van der Waals surface area contributed by atoms with Gasteiger partial charge >= 0.3 is 0 Å². The minimum absolute atomic E-state index is 0.0991. The van der Waals surface area contributed by atoms with Crippen LogP contribution in [0, 0.1) is 0 Å². The summed E-state index contributed by atoms with van der Waals surface area (Å²) in [6, 6.07) is 6.49. The molecule has 0 bridgehead atoms. The summed E-state index contributed by atoms with van der Waals surface area (Å²) in [4.78, 5) is 35.0. The lowest BCUT2D eigenvalue weighted by atomic mass is 10.2. The largest absolute Gasteiger partial charge is 0.351 e. The van der Waals surface area contributed by atoms with Crippen LogP contribution < -0.4 is 16.0 Å². The first kappa shape index (κ1) is 18.0. The SMILES string of the molecule is CC(=O)Nc1ccc(Cl)cc1NC(=O)CCNC(=O)c1ccsc1. The van der Waals surface area contributed by atoms with E-state index in [2.05, 4.69) is 16.0 Å². The Balaban J connectivity index is 1.89. The zero-order valence-electron chi connectivity index (χ0n) is 12.9. The van der Waals surface area contributed by atoms with Crippen molar-refractivity contribution >= 4 is 52.0 Å². The molecule has 24 heavy (non-hydrogen) atoms. The molecule has 1 aromatic carbocycles. The molecule has 1 heterocycles. The summed E-state index contributed by atoms with van der Waals surface area (Å²) in [5, 5.41) is 11.9. The Morgan fingerprint density at radius 1 is 1.12 bits per heavy atom. The topological polar surface area (TPSA) is 87.3 Å². The predicted molar refractivity (Wildman–Crippen MR) is 95.7 cm³/mol. The lowest BCUT2D eigenvalue weighted by molar-refractivity contribution is -0.116. The number of rotatable bonds is 6. The third kappa shape index (κ3) is 5.36. The highest BCUT2D eigenvalue weighted by Gasteiger charge is 2.10. The Labute approximate surface area is 148 Å². The fraction of sp³-hybridized carbons (Fsp3) is 0.188. The van der Waals surface area contributed by atoms with Gasteiger partial charge in [-0.2, -0.15) is 11.3 Å². The van der Waals surface area contributed by atoms with Gasteiger partial charge in [-0.3, -0.25) is 14.4 Å². The van der Waals surface area contributed by atoms with Gasteiger partial charge in [-0.1, -0.05) is 11.6 Å². The number of amides is 3. The molecule has 6 nitrogen and oxygen atoms in total. The van der Waals surface area contributed by atoms with Crippen molar-refractivity contribution in [3.63, 3.8) is 0 Å². The zero-order valence-corrected chi connectivity index (χ0v) is 14.5. The number of benzene rings is 1. The van der Waals surface area contributed by atoms with Crippen molar-refractivity contribution in [1.29, 1.82) is 0 Å². The van der Waals surface area contributed by atoms with Crippen molar-refractivity contribution in [3.8, 4) is 0 Å². The Bertz CT molecular complexity index is 747. The zero-order chi connectivity index (χ0) is 17.5. The van der Waals surface area contributed by atoms with E-state index in [1.807, 2.05) is 5.38 Å². The molecule has 126 valence electrons. The number of halogens is 1. The van der Waals surface area contributed by atoms with Crippen molar-refractivity contribution in [3.05, 3.63) is 45.6 Å². The average molecular weight is 366 g/mol. The van der Waals surface area contributed by atoms with Gasteiger partial charge < -0.3 is 16.0 Å². The molecule has 8 heteroatoms. The van der Waals surface area contributed by atoms with E-state index >= 15 is 0 Å². The molecule has 1 aromatic heterocycles. The predicted octanol–water partition coefficient (Wildman–Crippen LogP) is 3.12. The Kier molecular flexibility index (Phi) is 6.34. The molecular weight excluding hydrogens is 350 g/mol. The smallest absolute Gasteiger partial charge is 0.252 e. The second kappa shape index (κ2) is 8.47. The van der Waals surface area contributed by atoms with E-state index in [0.717, 1.165) is 0 Å². The van der Waals surface area contributed by atoms with Crippen molar-refractivity contribution in [2.45, 2.75) is 13.3 Å². The number of thiophene rings is 1. The molecule has 3 amide bonds. The van der Waals surface area contributed by atoms with Crippen LogP contribution >= 0.6 is 22.9 Å². The van der Waals surface area contributed by atoms with Gasteiger partial charge in [-0.25, -0.2) is 0 Å². The summed E-state index contributed by atoms with van der Waals surface area (Å²) in [6.45, 7) is 1.58. The highest BCUT2D eigenvalue weighted by Crippen LogP contribution is 2.25. The van der Waals surface area contributed by atoms with E-state index in [-0.39, 0.29) is 30.7 Å². The summed E-state index contributed by atoms with van der Waals surface area (Å²) < 4.78 is 0. The Morgan fingerprint density at radius 3 is 2.58 bits per heavy atom. The van der Waals surface area contributed by atoms with Gasteiger partial charge in [0.15, 0.2) is 0 Å². The van der Waals surface area contributed by atoms with E-state index in [1.54, 1.807) is 29.6 Å². The van der Waals surface area contributed by atoms with Gasteiger partial charge in [0.2, 0.25) is 11.8 Å². The van der Waals surface area contributed by atoms with Gasteiger partial charge in [0.1, 0.15) is 0 Å². The normalized spacial score (nSPS) is 10.1. The van der Waals surface area contributed by atoms with E-state index in [0.29, 0.717) is 22.0 Å². The number of hydrogen-bond acceptors (Lipinski definition) is 4. The summed E-state index contributed by atoms with van der Waals surface area (Å²) >= 11 is 7.35. The number of hydrogen-bond donors (Lipinski definition) is 3. The molecule has 0 spiro atoms. The fourth-order valence-corrected chi connectivity index (χ4v) is 2.72. The minimum atomic E-state index is -0.297. The highest BCUT2D eigenvalue weighted by atomic mass is 35.5. The summed E-state index contributed by atoms with van der Waals surface area (Å²) in [7, 11) is 0. The summed E-state index contributed by atoms with van der Waals surface area (Å²) in [5.74, 6) is -0.768. The lowest BCUT2D eigenvalue weighted by Crippen LogP contribution is -2.27. The molecule has 0 atom stereocenters. The van der Waals surface area contributed by atoms with Gasteiger partial charge in [0.05, 0.1) is 11.4 Å². The first-order chi connectivity index (χ1) is 11.5. The number of anilines is 2. The van der Waals surface area contributed by atoms with E-state index in [9.17, 15) is 14.4 Å². The number of nitrogens with one attached hydrogen (secondary N) is 3. The van der Waals surface area contributed by atoms with Crippen LogP contribution in [-0.2, 0) is 9.59 Å². The van der Waals surface area contributed by atoms with Crippen LogP contribution in [0.3, 0.4) is 0 Å². The van der Waals surface area contributed by atoms with Gasteiger partial charge in [-0.05, 0) is 29.6 Å². The molecule has 0 fully saturated rings. The first-order valence-electron chi connectivity index (χ1n) is 7.13. The van der Waals surface area contributed by atoms with Crippen LogP contribution in [0.2, 0.25) is 5.02 Å². The van der Waals surface area contributed by atoms with Crippen LogP contribution in [-0.4, -0.2) is 24.3 Å². The molecule has 2 rings (SSSR count). The molecule has 2 aromatic rings. The van der Waals surface area contributed by atoms with Crippen molar-refractivity contribution in [1.82, 2.24) is 5.32 Å². The molecule has 0 aliphatic carbocycles. The molecule has 0 unspecified atom stereocenters. The van der Waals surface area contributed by atoms with Crippen molar-refractivity contribution < 1.29 is 14.4 Å². The number of carbonyl (C=O) groups is 3. The van der Waals surface area contributed by atoms with Crippen LogP contribution in [0.5, 0.6) is 0 Å². The molecule has 0 aliphatic rings. The molecule has 0 saturated carbocycles. The van der Waals surface area contributed by atoms with Crippen LogP contribution in [0.1, 0.15) is 23.7 Å². The highest BCUT2D eigenvalue weighted by molar-refractivity contribution is 7.08. The molecule has 0 saturated heterocycles. The molecule has 0 radical (unpaired) electrons. The second-order valence-electron chi connectivity index (χ2n) is 4.94. The van der Waals surface area contributed by atoms with Gasteiger partial charge in [0, 0.05) is 35.9 Å². The lowest BCUT2D eigenvalue weighted by Gasteiger charge is -2.12. The van der Waals surface area contributed by atoms with Gasteiger partial charge in [0.25, 0.3) is 5.91 Å². The number of carbonyl (C=O) groups excluding carboxylic acids is 3. The first-order valence-corrected chi connectivity index (χ1v) is 8.45. The van der Waals surface area contributed by atoms with E-state index in [4.69, 9.17) is 11.6 Å². The quantitative estimate of drug-likeness (QED) is 0.735. The monoisotopic (exact) mass is 365 g/mol. The maximum Gasteiger partial charge on any atom is 0.252 e. The summed E-state index contributed by atoms with van der Waals surface area (Å²) in [6.07, 6.45) is 0.0991. The molecular formula is C16H16ClN3O3S. The standard InChI is InChI=1S/C16H16ClN3O3S/c1-10(21)19-13-3-2-12(17)8-14(13)20-15(22)4-6-18-16(23)11-5-7-24-9-11/h2-3,5,7-9H,4,6H2,1H3,(H,18,23)(H,19,21)(H,20,22). The van der Waals surface area contributed by atoms with Gasteiger partial charge in [-0.15, -0.1) is 0 Å². The third-order valence-electron chi connectivity index (χ3n) is 2.99. The van der Waals surface area contributed by atoms with E-state index < -0.39 is 0 Å². The molecule has 3 N–H and O–H groups in total. The van der Waals surface area contributed by atoms with Crippen LogP contribution in [0.15, 0.2) is 35.0 Å². The fourth-order valence-electron chi connectivity index (χ4n) is 1.92. The summed E-state index contributed by atoms with van der Waals surface area (Å²) in [5.41, 5.74) is 1.44. The molecule has 0 aliphatic heterocycles. The average Bonchev–Trinajstić information content (AvgIpc) is 3.04. The minimum Gasteiger partial charge on any atom is -0.351 e. The second-order valence-corrected chi connectivity index (χ2v) is 6.15. The Morgan fingerprint density at radius 2 is 1.92 bits per heavy atom. The third-order valence-corrected chi connectivity index (χ3v) is 3.91. The van der Waals surface area contributed by atoms with Crippen LogP contribution in [0.25, 0.3) is 0 Å².